The van der Waals surface area contributed by atoms with Crippen molar-refractivity contribution in [1.82, 2.24) is 4.90 Å². The number of aryl methyl sites for hydroxylation is 1. The van der Waals surface area contributed by atoms with E-state index in [0.29, 0.717) is 5.75 Å². The molecule has 0 bridgehead atoms. The summed E-state index contributed by atoms with van der Waals surface area (Å²) in [6, 6.07) is 6.05. The molecule has 0 aliphatic carbocycles. The normalized spacial score (nSPS) is 23.6. The van der Waals surface area contributed by atoms with Gasteiger partial charge in [0.1, 0.15) is 5.75 Å². The summed E-state index contributed by atoms with van der Waals surface area (Å²) in [4.78, 5) is 2.40. The molecule has 1 N–H and O–H groups in total. The van der Waals surface area contributed by atoms with Crippen molar-refractivity contribution in [3.05, 3.63) is 29.3 Å². The number of hydrogen-bond acceptors (Lipinski definition) is 3. The second-order valence-corrected chi connectivity index (χ2v) is 5.27. The van der Waals surface area contributed by atoms with Gasteiger partial charge in [-0.05, 0) is 33.3 Å². The van der Waals surface area contributed by atoms with Crippen LogP contribution in [-0.4, -0.2) is 35.8 Å². The number of ether oxygens (including phenoxy) is 1. The molecule has 100 valence electrons. The van der Waals surface area contributed by atoms with Crippen LogP contribution in [0.25, 0.3) is 0 Å². The Morgan fingerprint density at radius 1 is 1.44 bits per heavy atom. The van der Waals surface area contributed by atoms with E-state index in [0.717, 1.165) is 31.7 Å². The van der Waals surface area contributed by atoms with Crippen LogP contribution < -0.4 is 0 Å². The van der Waals surface area contributed by atoms with Gasteiger partial charge in [-0.15, -0.1) is 0 Å². The molecule has 1 aromatic rings. The van der Waals surface area contributed by atoms with Crippen molar-refractivity contribution in [2.75, 3.05) is 19.7 Å². The van der Waals surface area contributed by atoms with Crippen LogP contribution in [0.4, 0.5) is 0 Å². The van der Waals surface area contributed by atoms with Crippen molar-refractivity contribution < 1.29 is 9.84 Å². The maximum absolute atomic E-state index is 10.0. The number of nitrogens with zero attached hydrogens (tertiary/aromatic N) is 1. The lowest BCUT2D eigenvalue weighted by Crippen LogP contribution is -2.32. The highest BCUT2D eigenvalue weighted by atomic mass is 16.5. The lowest BCUT2D eigenvalue weighted by molar-refractivity contribution is 0.0618. The van der Waals surface area contributed by atoms with Gasteiger partial charge >= 0.3 is 0 Å². The number of aromatic hydroxyl groups is 1. The Kier molecular flexibility index (Phi) is 4.25. The van der Waals surface area contributed by atoms with Crippen molar-refractivity contribution in [2.24, 2.45) is 0 Å². The van der Waals surface area contributed by atoms with Gasteiger partial charge in [-0.3, -0.25) is 4.90 Å². The van der Waals surface area contributed by atoms with E-state index in [1.165, 1.54) is 5.56 Å². The van der Waals surface area contributed by atoms with Gasteiger partial charge in [-0.25, -0.2) is 0 Å². The van der Waals surface area contributed by atoms with Crippen molar-refractivity contribution in [1.29, 1.82) is 0 Å². The quantitative estimate of drug-likeness (QED) is 0.874. The Labute approximate surface area is 109 Å². The van der Waals surface area contributed by atoms with Crippen LogP contribution in [0.15, 0.2) is 18.2 Å². The molecule has 2 unspecified atom stereocenters. The standard InChI is InChI=1S/C15H23NO2/c1-11-5-6-15(17)14(9-11)13(3)16-7-4-8-18-12(2)10-16/h5-6,9,12-13,17H,4,7-8,10H2,1-3H3. The largest absolute Gasteiger partial charge is 0.508 e. The van der Waals surface area contributed by atoms with Crippen LogP contribution in [0.2, 0.25) is 0 Å². The van der Waals surface area contributed by atoms with Crippen molar-refractivity contribution in [3.63, 3.8) is 0 Å². The van der Waals surface area contributed by atoms with Gasteiger partial charge in [0.15, 0.2) is 0 Å². The third-order valence-electron chi connectivity index (χ3n) is 3.66. The van der Waals surface area contributed by atoms with Crippen LogP contribution in [0.3, 0.4) is 0 Å². The molecule has 0 amide bonds. The van der Waals surface area contributed by atoms with E-state index in [4.69, 9.17) is 4.74 Å². The van der Waals surface area contributed by atoms with E-state index in [9.17, 15) is 5.11 Å². The average Bonchev–Trinajstić information content (AvgIpc) is 2.56. The molecule has 1 aliphatic heterocycles. The topological polar surface area (TPSA) is 32.7 Å². The number of benzene rings is 1. The molecule has 1 saturated heterocycles. The number of rotatable bonds is 2. The Hall–Kier alpha value is -1.06. The molecule has 2 atom stereocenters. The van der Waals surface area contributed by atoms with E-state index < -0.39 is 0 Å². The first-order valence-corrected chi connectivity index (χ1v) is 6.73. The van der Waals surface area contributed by atoms with E-state index in [2.05, 4.69) is 31.7 Å². The highest BCUT2D eigenvalue weighted by Gasteiger charge is 2.22. The minimum Gasteiger partial charge on any atom is -0.508 e. The second-order valence-electron chi connectivity index (χ2n) is 5.27. The fraction of sp³-hybridized carbons (Fsp3) is 0.600. The SMILES string of the molecule is Cc1ccc(O)c(C(C)N2CCCOC(C)C2)c1. The maximum Gasteiger partial charge on any atom is 0.120 e. The predicted molar refractivity (Wildman–Crippen MR) is 72.9 cm³/mol. The smallest absolute Gasteiger partial charge is 0.120 e. The van der Waals surface area contributed by atoms with Gasteiger partial charge < -0.3 is 9.84 Å². The Morgan fingerprint density at radius 2 is 2.22 bits per heavy atom. The fourth-order valence-electron chi connectivity index (χ4n) is 2.58. The van der Waals surface area contributed by atoms with Crippen LogP contribution in [-0.2, 0) is 4.74 Å². The molecular weight excluding hydrogens is 226 g/mol. The summed E-state index contributed by atoms with van der Waals surface area (Å²) >= 11 is 0. The molecule has 0 radical (unpaired) electrons. The number of phenolic OH excluding ortho intramolecular Hbond substituents is 1. The van der Waals surface area contributed by atoms with Gasteiger partial charge in [-0.2, -0.15) is 0 Å². The summed E-state index contributed by atoms with van der Waals surface area (Å²) in [6.07, 6.45) is 1.32. The van der Waals surface area contributed by atoms with Gasteiger partial charge in [-0.1, -0.05) is 17.7 Å². The first-order valence-electron chi connectivity index (χ1n) is 6.73. The zero-order chi connectivity index (χ0) is 13.1. The molecule has 2 rings (SSSR count). The van der Waals surface area contributed by atoms with Gasteiger partial charge in [0.2, 0.25) is 0 Å². The number of phenols is 1. The van der Waals surface area contributed by atoms with Gasteiger partial charge in [0.05, 0.1) is 6.10 Å². The van der Waals surface area contributed by atoms with Gasteiger partial charge in [0, 0.05) is 31.3 Å². The Morgan fingerprint density at radius 3 is 3.00 bits per heavy atom. The first kappa shape index (κ1) is 13.4. The van der Waals surface area contributed by atoms with E-state index in [1.54, 1.807) is 6.07 Å². The molecule has 18 heavy (non-hydrogen) atoms. The third kappa shape index (κ3) is 3.03. The summed E-state index contributed by atoms with van der Waals surface area (Å²) < 4.78 is 5.67. The molecule has 0 spiro atoms. The second kappa shape index (κ2) is 5.72. The molecule has 0 aromatic heterocycles. The molecular formula is C15H23NO2. The first-order chi connectivity index (χ1) is 8.58. The zero-order valence-electron chi connectivity index (χ0n) is 11.5. The third-order valence-corrected chi connectivity index (χ3v) is 3.66. The molecule has 1 fully saturated rings. The Balaban J connectivity index is 2.18. The average molecular weight is 249 g/mol. The molecule has 0 saturated carbocycles. The van der Waals surface area contributed by atoms with Crippen molar-refractivity contribution in [2.45, 2.75) is 39.3 Å². The van der Waals surface area contributed by atoms with Crippen LogP contribution >= 0.6 is 0 Å². The lowest BCUT2D eigenvalue weighted by Gasteiger charge is -2.29. The fourth-order valence-corrected chi connectivity index (χ4v) is 2.58. The Bertz CT molecular complexity index is 405. The lowest BCUT2D eigenvalue weighted by atomic mass is 10.0. The van der Waals surface area contributed by atoms with Crippen molar-refractivity contribution in [3.8, 4) is 5.75 Å². The van der Waals surface area contributed by atoms with Crippen LogP contribution in [0.5, 0.6) is 5.75 Å². The van der Waals surface area contributed by atoms with Crippen LogP contribution in [0.1, 0.15) is 37.4 Å². The number of hydrogen-bond donors (Lipinski definition) is 1. The molecule has 3 nitrogen and oxygen atoms in total. The highest BCUT2D eigenvalue weighted by Crippen LogP contribution is 2.30. The van der Waals surface area contributed by atoms with Crippen molar-refractivity contribution >= 4 is 0 Å². The summed E-state index contributed by atoms with van der Waals surface area (Å²) in [5.74, 6) is 0.394. The molecule has 1 heterocycles. The molecule has 3 heteroatoms. The molecule has 1 aromatic carbocycles. The van der Waals surface area contributed by atoms with E-state index in [-0.39, 0.29) is 12.1 Å². The summed E-state index contributed by atoms with van der Waals surface area (Å²) in [7, 11) is 0. The predicted octanol–water partition coefficient (Wildman–Crippen LogP) is 2.87. The minimum absolute atomic E-state index is 0.231. The maximum atomic E-state index is 10.0. The molecule has 1 aliphatic rings. The van der Waals surface area contributed by atoms with E-state index >= 15 is 0 Å². The van der Waals surface area contributed by atoms with Crippen LogP contribution in [0, 0.1) is 6.92 Å². The zero-order valence-corrected chi connectivity index (χ0v) is 11.5. The summed E-state index contributed by atoms with van der Waals surface area (Å²) in [6.45, 7) is 9.12. The van der Waals surface area contributed by atoms with E-state index in [1.807, 2.05) is 6.07 Å². The summed E-state index contributed by atoms with van der Waals surface area (Å²) in [5.41, 5.74) is 2.21. The highest BCUT2D eigenvalue weighted by molar-refractivity contribution is 5.37. The monoisotopic (exact) mass is 249 g/mol. The van der Waals surface area contributed by atoms with Gasteiger partial charge in [0.25, 0.3) is 0 Å². The minimum atomic E-state index is 0.231. The summed E-state index contributed by atoms with van der Waals surface area (Å²) in [5, 5.41) is 10.0.